The van der Waals surface area contributed by atoms with Gasteiger partial charge in [0.25, 0.3) is 0 Å². The molecular formula is C80H51N5. The van der Waals surface area contributed by atoms with Gasteiger partial charge in [-0.15, -0.1) is 0 Å². The highest BCUT2D eigenvalue weighted by Crippen LogP contribution is 2.46. The van der Waals surface area contributed by atoms with Crippen LogP contribution in [0.2, 0.25) is 0 Å². The first kappa shape index (κ1) is 49.3. The lowest BCUT2D eigenvalue weighted by Crippen LogP contribution is -2.01. The molecule has 85 heavy (non-hydrogen) atoms. The fourth-order valence-corrected chi connectivity index (χ4v) is 12.9. The van der Waals surface area contributed by atoms with E-state index < -0.39 is 0 Å². The van der Waals surface area contributed by atoms with Crippen LogP contribution in [0.3, 0.4) is 0 Å². The second kappa shape index (κ2) is 20.4. The van der Waals surface area contributed by atoms with Crippen molar-refractivity contribution in [2.45, 2.75) is 0 Å². The number of imidazole rings is 1. The SMILES string of the molecule is N#Cc1ccc(-c2nc3ccccc3n2-c2ccccc2)c(-c2ccc(-n3c4ccc(-c5ccccc5)cc4c4cc(-c5ccccc5)ccc43)cc2)c1-c1ccc(-n2c3ccc(-c4ccccc4)cc3c3cc(-c4ccccc4)ccc32)cc1. The van der Waals surface area contributed by atoms with Crippen molar-refractivity contribution < 1.29 is 0 Å². The van der Waals surface area contributed by atoms with Gasteiger partial charge in [-0.2, -0.15) is 5.26 Å². The molecule has 0 amide bonds. The highest BCUT2D eigenvalue weighted by atomic mass is 15.1. The average Bonchev–Trinajstić information content (AvgIpc) is 2.10. The maximum absolute atomic E-state index is 11.3. The summed E-state index contributed by atoms with van der Waals surface area (Å²) in [7, 11) is 0. The van der Waals surface area contributed by atoms with Gasteiger partial charge in [-0.1, -0.05) is 200 Å². The molecule has 16 rings (SSSR count). The van der Waals surface area contributed by atoms with E-state index in [1.165, 1.54) is 66.1 Å². The number of aromatic nitrogens is 4. The maximum Gasteiger partial charge on any atom is 0.146 e. The second-order valence-electron chi connectivity index (χ2n) is 21.8. The predicted octanol–water partition coefficient (Wildman–Crippen LogP) is 20.8. The van der Waals surface area contributed by atoms with Crippen LogP contribution < -0.4 is 0 Å². The van der Waals surface area contributed by atoms with Gasteiger partial charge in [0, 0.05) is 55.3 Å². The third-order valence-corrected chi connectivity index (χ3v) is 16.9. The lowest BCUT2D eigenvalue weighted by Gasteiger charge is -2.19. The van der Waals surface area contributed by atoms with E-state index in [0.29, 0.717) is 5.56 Å². The molecule has 0 saturated heterocycles. The van der Waals surface area contributed by atoms with Crippen molar-refractivity contribution in [2.75, 3.05) is 0 Å². The smallest absolute Gasteiger partial charge is 0.146 e. The minimum atomic E-state index is 0.572. The third kappa shape index (κ3) is 8.43. The van der Waals surface area contributed by atoms with Crippen LogP contribution in [0, 0.1) is 11.3 Å². The van der Waals surface area contributed by atoms with Crippen LogP contribution in [0.1, 0.15) is 5.56 Å². The number of para-hydroxylation sites is 3. The number of rotatable bonds is 10. The Morgan fingerprint density at radius 3 is 1.00 bits per heavy atom. The number of nitrogens with zero attached hydrogens (tertiary/aromatic N) is 5. The third-order valence-electron chi connectivity index (χ3n) is 16.9. The zero-order valence-electron chi connectivity index (χ0n) is 46.2. The lowest BCUT2D eigenvalue weighted by molar-refractivity contribution is 1.10. The summed E-state index contributed by atoms with van der Waals surface area (Å²) in [5.41, 5.74) is 23.9. The Morgan fingerprint density at radius 2 is 0.600 bits per heavy atom. The molecule has 0 unspecified atom stereocenters. The fraction of sp³-hybridized carbons (Fsp3) is 0. The summed E-state index contributed by atoms with van der Waals surface area (Å²) in [6.07, 6.45) is 0. The Kier molecular flexibility index (Phi) is 11.8. The molecule has 0 atom stereocenters. The van der Waals surface area contributed by atoms with Crippen molar-refractivity contribution in [1.29, 1.82) is 5.26 Å². The normalized spacial score (nSPS) is 11.5. The maximum atomic E-state index is 11.3. The molecule has 5 heteroatoms. The van der Waals surface area contributed by atoms with Gasteiger partial charge < -0.3 is 9.13 Å². The van der Waals surface area contributed by atoms with Crippen LogP contribution in [0.25, 0.3) is 150 Å². The van der Waals surface area contributed by atoms with Gasteiger partial charge in [0.2, 0.25) is 0 Å². The molecule has 3 heterocycles. The molecule has 0 saturated carbocycles. The first-order valence-corrected chi connectivity index (χ1v) is 28.8. The molecule has 16 aromatic rings. The second-order valence-corrected chi connectivity index (χ2v) is 21.8. The highest BCUT2D eigenvalue weighted by molar-refractivity contribution is 6.13. The van der Waals surface area contributed by atoms with E-state index in [1.54, 1.807) is 0 Å². The minimum Gasteiger partial charge on any atom is -0.309 e. The van der Waals surface area contributed by atoms with Gasteiger partial charge in [0.05, 0.1) is 44.7 Å². The van der Waals surface area contributed by atoms with Gasteiger partial charge in [0.1, 0.15) is 5.82 Å². The van der Waals surface area contributed by atoms with Crippen LogP contribution in [-0.2, 0) is 0 Å². The van der Waals surface area contributed by atoms with Crippen molar-refractivity contribution in [2.24, 2.45) is 0 Å². The molecule has 13 aromatic carbocycles. The molecule has 0 bridgehead atoms. The molecule has 0 spiro atoms. The van der Waals surface area contributed by atoms with E-state index in [0.717, 1.165) is 83.8 Å². The van der Waals surface area contributed by atoms with Crippen LogP contribution in [0.15, 0.2) is 309 Å². The van der Waals surface area contributed by atoms with E-state index in [2.05, 4.69) is 311 Å². The molecule has 0 N–H and O–H groups in total. The average molecular weight is 1080 g/mol. The van der Waals surface area contributed by atoms with Crippen LogP contribution >= 0.6 is 0 Å². The zero-order valence-corrected chi connectivity index (χ0v) is 46.2. The first-order valence-electron chi connectivity index (χ1n) is 28.8. The zero-order chi connectivity index (χ0) is 56.4. The van der Waals surface area contributed by atoms with Gasteiger partial charge in [0.15, 0.2) is 0 Å². The summed E-state index contributed by atoms with van der Waals surface area (Å²) in [6, 6.07) is 113. The molecule has 0 fully saturated rings. The summed E-state index contributed by atoms with van der Waals surface area (Å²) < 4.78 is 7.02. The molecule has 3 aromatic heterocycles. The minimum absolute atomic E-state index is 0.572. The van der Waals surface area contributed by atoms with Crippen molar-refractivity contribution in [1.82, 2.24) is 18.7 Å². The first-order chi connectivity index (χ1) is 42.1. The van der Waals surface area contributed by atoms with Gasteiger partial charge in [-0.25, -0.2) is 4.98 Å². The molecule has 0 aliphatic carbocycles. The van der Waals surface area contributed by atoms with Crippen LogP contribution in [0.5, 0.6) is 0 Å². The molecule has 396 valence electrons. The Bertz CT molecular complexity index is 5050. The summed E-state index contributed by atoms with van der Waals surface area (Å²) in [6.45, 7) is 0. The molecule has 5 nitrogen and oxygen atoms in total. The molecular weight excluding hydrogens is 1030 g/mol. The quantitative estimate of drug-likeness (QED) is 0.137. The largest absolute Gasteiger partial charge is 0.309 e. The van der Waals surface area contributed by atoms with Crippen molar-refractivity contribution in [3.63, 3.8) is 0 Å². The van der Waals surface area contributed by atoms with Crippen LogP contribution in [-0.4, -0.2) is 18.7 Å². The van der Waals surface area contributed by atoms with Crippen molar-refractivity contribution >= 4 is 54.6 Å². The number of hydrogen-bond donors (Lipinski definition) is 0. The van der Waals surface area contributed by atoms with Gasteiger partial charge >= 0.3 is 0 Å². The summed E-state index contributed by atoms with van der Waals surface area (Å²) in [5.74, 6) is 0.787. The van der Waals surface area contributed by atoms with E-state index in [4.69, 9.17) is 4.98 Å². The van der Waals surface area contributed by atoms with Crippen molar-refractivity contribution in [3.05, 3.63) is 315 Å². The number of fused-ring (bicyclic) bond motifs is 7. The fourth-order valence-electron chi connectivity index (χ4n) is 12.9. The van der Waals surface area contributed by atoms with E-state index in [-0.39, 0.29) is 0 Å². The summed E-state index contributed by atoms with van der Waals surface area (Å²) >= 11 is 0. The Hall–Kier alpha value is -11.6. The van der Waals surface area contributed by atoms with E-state index in [1.807, 2.05) is 18.2 Å². The van der Waals surface area contributed by atoms with Gasteiger partial charge in [-0.05, 0) is 165 Å². The van der Waals surface area contributed by atoms with Gasteiger partial charge in [-0.3, -0.25) is 4.57 Å². The summed E-state index contributed by atoms with van der Waals surface area (Å²) in [5, 5.41) is 16.0. The number of nitriles is 1. The number of benzene rings is 13. The summed E-state index contributed by atoms with van der Waals surface area (Å²) in [4.78, 5) is 5.45. The van der Waals surface area contributed by atoms with Crippen molar-refractivity contribution in [3.8, 4) is 101 Å². The molecule has 0 radical (unpaired) electrons. The van der Waals surface area contributed by atoms with E-state index in [9.17, 15) is 5.26 Å². The predicted molar refractivity (Wildman–Crippen MR) is 353 cm³/mol. The Morgan fingerprint density at radius 1 is 0.259 bits per heavy atom. The Labute approximate surface area is 492 Å². The standard InChI is InChI=1S/C80H51N5/c81-52-63-34-43-67(80-82-72-28-16-17-29-77(72)85(80)64-26-14-5-15-27-64)79(58-32-41-66(42-33-58)84-75-46-37-61(55-22-10-3-11-23-55)50-70(75)71-51-62(38-47-76(71)84)56-24-12-4-13-25-56)78(63)57-30-39-65(40-31-57)83-73-44-35-59(53-18-6-1-7-19-53)48-68(73)69-49-60(36-45-74(69)83)54-20-8-2-9-21-54/h1-51H. The monoisotopic (exact) mass is 1080 g/mol. The molecule has 0 aliphatic heterocycles. The topological polar surface area (TPSA) is 51.5 Å². The lowest BCUT2D eigenvalue weighted by atomic mass is 9.86. The molecule has 0 aliphatic rings. The highest BCUT2D eigenvalue weighted by Gasteiger charge is 2.25. The van der Waals surface area contributed by atoms with E-state index >= 15 is 0 Å². The number of hydrogen-bond acceptors (Lipinski definition) is 2. The Balaban J connectivity index is 0.887. The van der Waals surface area contributed by atoms with Crippen LogP contribution in [0.4, 0.5) is 0 Å².